The van der Waals surface area contributed by atoms with Crippen molar-refractivity contribution in [2.24, 2.45) is 0 Å². The molecule has 0 saturated heterocycles. The van der Waals surface area contributed by atoms with Crippen molar-refractivity contribution in [1.29, 1.82) is 0 Å². The van der Waals surface area contributed by atoms with Gasteiger partial charge in [0.1, 0.15) is 6.26 Å². The number of esters is 1. The van der Waals surface area contributed by atoms with Gasteiger partial charge in [0.05, 0.1) is 18.6 Å². The number of ether oxygens (including phenoxy) is 1. The van der Waals surface area contributed by atoms with Crippen LogP contribution in [0.1, 0.15) is 29.7 Å². The van der Waals surface area contributed by atoms with Crippen LogP contribution in [-0.2, 0) is 11.3 Å². The summed E-state index contributed by atoms with van der Waals surface area (Å²) in [6.07, 6.45) is 1.86. The molecule has 0 aliphatic carbocycles. The molecule has 0 unspecified atom stereocenters. The molecule has 0 fully saturated rings. The van der Waals surface area contributed by atoms with Gasteiger partial charge in [-0.1, -0.05) is 6.92 Å². The SMILES string of the molecule is CCCN(Cc1nc(C(=O)OC)co1)C(=O)Nc1ccc([N+](=O)[O-])cc1. The molecule has 0 saturated carbocycles. The van der Waals surface area contributed by atoms with Crippen molar-refractivity contribution in [2.45, 2.75) is 19.9 Å². The number of methoxy groups -OCH3 is 1. The number of carbonyl (C=O) groups is 2. The zero-order valence-corrected chi connectivity index (χ0v) is 14.3. The Bertz CT molecular complexity index is 786. The second-order valence-electron chi connectivity index (χ2n) is 5.27. The Kier molecular flexibility index (Phi) is 6.25. The summed E-state index contributed by atoms with van der Waals surface area (Å²) in [6, 6.07) is 5.08. The highest BCUT2D eigenvalue weighted by atomic mass is 16.6. The van der Waals surface area contributed by atoms with E-state index in [9.17, 15) is 19.7 Å². The van der Waals surface area contributed by atoms with Crippen molar-refractivity contribution in [2.75, 3.05) is 19.0 Å². The van der Waals surface area contributed by atoms with E-state index in [0.29, 0.717) is 18.7 Å². The molecule has 0 atom stereocenters. The van der Waals surface area contributed by atoms with Crippen molar-refractivity contribution in [3.05, 3.63) is 52.2 Å². The first-order chi connectivity index (χ1) is 12.4. The van der Waals surface area contributed by atoms with Gasteiger partial charge in [-0.25, -0.2) is 14.6 Å². The maximum absolute atomic E-state index is 12.4. The molecule has 0 radical (unpaired) electrons. The minimum Gasteiger partial charge on any atom is -0.464 e. The highest BCUT2D eigenvalue weighted by molar-refractivity contribution is 5.89. The van der Waals surface area contributed by atoms with Crippen LogP contribution in [0.25, 0.3) is 0 Å². The third kappa shape index (κ3) is 4.79. The Balaban J connectivity index is 2.05. The van der Waals surface area contributed by atoms with Crippen LogP contribution < -0.4 is 5.32 Å². The Morgan fingerprint density at radius 3 is 2.62 bits per heavy atom. The van der Waals surface area contributed by atoms with Crippen LogP contribution in [0.3, 0.4) is 0 Å². The van der Waals surface area contributed by atoms with Crippen LogP contribution in [0, 0.1) is 10.1 Å². The quantitative estimate of drug-likeness (QED) is 0.455. The number of benzene rings is 1. The van der Waals surface area contributed by atoms with Gasteiger partial charge < -0.3 is 19.4 Å². The van der Waals surface area contributed by atoms with Gasteiger partial charge in [0, 0.05) is 24.4 Å². The van der Waals surface area contributed by atoms with E-state index in [0.717, 1.165) is 0 Å². The summed E-state index contributed by atoms with van der Waals surface area (Å²) >= 11 is 0. The van der Waals surface area contributed by atoms with Crippen molar-refractivity contribution < 1.29 is 23.7 Å². The monoisotopic (exact) mass is 362 g/mol. The van der Waals surface area contributed by atoms with E-state index in [2.05, 4.69) is 15.0 Å². The molecular weight excluding hydrogens is 344 g/mol. The minimum absolute atomic E-state index is 0.0229. The summed E-state index contributed by atoms with van der Waals surface area (Å²) in [5.41, 5.74) is 0.377. The lowest BCUT2D eigenvalue weighted by Crippen LogP contribution is -2.35. The Morgan fingerprint density at radius 2 is 2.04 bits per heavy atom. The smallest absolute Gasteiger partial charge is 0.360 e. The number of rotatable bonds is 7. The third-order valence-corrected chi connectivity index (χ3v) is 3.38. The fraction of sp³-hybridized carbons (Fsp3) is 0.312. The molecule has 138 valence electrons. The summed E-state index contributed by atoms with van der Waals surface area (Å²) in [5, 5.41) is 13.3. The number of hydrogen-bond donors (Lipinski definition) is 1. The van der Waals surface area contributed by atoms with Crippen LogP contribution in [0.15, 0.2) is 34.9 Å². The predicted octanol–water partition coefficient (Wildman–Crippen LogP) is 2.81. The number of carbonyl (C=O) groups excluding carboxylic acids is 2. The van der Waals surface area contributed by atoms with E-state index in [1.165, 1.54) is 42.5 Å². The van der Waals surface area contributed by atoms with Gasteiger partial charge >= 0.3 is 12.0 Å². The van der Waals surface area contributed by atoms with E-state index in [1.807, 2.05) is 6.92 Å². The highest BCUT2D eigenvalue weighted by Crippen LogP contribution is 2.16. The molecule has 2 amide bonds. The zero-order valence-electron chi connectivity index (χ0n) is 14.3. The lowest BCUT2D eigenvalue weighted by molar-refractivity contribution is -0.384. The molecule has 10 nitrogen and oxygen atoms in total. The number of nitrogens with zero attached hydrogens (tertiary/aromatic N) is 3. The molecule has 2 aromatic rings. The lowest BCUT2D eigenvalue weighted by Gasteiger charge is -2.21. The Labute approximate surface area is 148 Å². The summed E-state index contributed by atoms with van der Waals surface area (Å²) < 4.78 is 9.75. The molecule has 1 heterocycles. The van der Waals surface area contributed by atoms with Gasteiger partial charge in [0.2, 0.25) is 5.89 Å². The molecule has 0 spiro atoms. The first kappa shape index (κ1) is 18.9. The number of nitrogens with one attached hydrogen (secondary N) is 1. The zero-order chi connectivity index (χ0) is 19.1. The molecule has 0 aliphatic heterocycles. The van der Waals surface area contributed by atoms with Gasteiger partial charge in [-0.05, 0) is 18.6 Å². The van der Waals surface area contributed by atoms with E-state index in [-0.39, 0.29) is 23.8 Å². The van der Waals surface area contributed by atoms with Crippen molar-refractivity contribution >= 4 is 23.4 Å². The maximum Gasteiger partial charge on any atom is 0.360 e. The number of anilines is 1. The maximum atomic E-state index is 12.4. The van der Waals surface area contributed by atoms with Crippen molar-refractivity contribution in [3.8, 4) is 0 Å². The minimum atomic E-state index is -0.627. The standard InChI is InChI=1S/C16H18N4O6/c1-3-8-19(9-14-18-13(10-26-14)15(21)25-2)16(22)17-11-4-6-12(7-5-11)20(23)24/h4-7,10H,3,8-9H2,1-2H3,(H,17,22). The molecule has 10 heteroatoms. The van der Waals surface area contributed by atoms with Crippen LogP contribution in [-0.4, -0.2) is 40.5 Å². The van der Waals surface area contributed by atoms with E-state index < -0.39 is 16.9 Å². The number of nitro groups is 1. The lowest BCUT2D eigenvalue weighted by atomic mass is 10.3. The second-order valence-corrected chi connectivity index (χ2v) is 5.27. The largest absolute Gasteiger partial charge is 0.464 e. The Morgan fingerprint density at radius 1 is 1.35 bits per heavy atom. The summed E-state index contributed by atoms with van der Waals surface area (Å²) in [6.45, 7) is 2.39. The normalized spacial score (nSPS) is 10.2. The Hall–Kier alpha value is -3.43. The fourth-order valence-electron chi connectivity index (χ4n) is 2.14. The van der Waals surface area contributed by atoms with Crippen LogP contribution >= 0.6 is 0 Å². The van der Waals surface area contributed by atoms with Crippen molar-refractivity contribution in [1.82, 2.24) is 9.88 Å². The number of aromatic nitrogens is 1. The second kappa shape index (κ2) is 8.60. The molecule has 0 aliphatic rings. The molecule has 1 N–H and O–H groups in total. The average Bonchev–Trinajstić information content (AvgIpc) is 3.09. The summed E-state index contributed by atoms with van der Waals surface area (Å²) in [5.74, 6) is -0.435. The number of amides is 2. The molecule has 26 heavy (non-hydrogen) atoms. The summed E-state index contributed by atoms with van der Waals surface area (Å²) in [4.78, 5) is 39.4. The van der Waals surface area contributed by atoms with E-state index in [1.54, 1.807) is 0 Å². The van der Waals surface area contributed by atoms with Crippen LogP contribution in [0.4, 0.5) is 16.2 Å². The molecule has 1 aromatic carbocycles. The van der Waals surface area contributed by atoms with E-state index >= 15 is 0 Å². The van der Waals surface area contributed by atoms with Gasteiger partial charge in [-0.3, -0.25) is 10.1 Å². The van der Waals surface area contributed by atoms with Crippen LogP contribution in [0.5, 0.6) is 0 Å². The first-order valence-electron chi connectivity index (χ1n) is 7.77. The molecule has 1 aromatic heterocycles. The summed E-state index contributed by atoms with van der Waals surface area (Å²) in [7, 11) is 1.23. The van der Waals surface area contributed by atoms with Crippen LogP contribution in [0.2, 0.25) is 0 Å². The number of hydrogen-bond acceptors (Lipinski definition) is 7. The highest BCUT2D eigenvalue weighted by Gasteiger charge is 2.19. The van der Waals surface area contributed by atoms with Gasteiger partial charge in [0.15, 0.2) is 5.69 Å². The topological polar surface area (TPSA) is 128 Å². The number of non-ortho nitro benzene ring substituents is 1. The average molecular weight is 362 g/mol. The van der Waals surface area contributed by atoms with Crippen molar-refractivity contribution in [3.63, 3.8) is 0 Å². The first-order valence-corrected chi connectivity index (χ1v) is 7.77. The van der Waals surface area contributed by atoms with Gasteiger partial charge in [0.25, 0.3) is 5.69 Å². The fourth-order valence-corrected chi connectivity index (χ4v) is 2.14. The number of oxazole rings is 1. The predicted molar refractivity (Wildman–Crippen MR) is 90.7 cm³/mol. The van der Waals surface area contributed by atoms with E-state index in [4.69, 9.17) is 4.42 Å². The third-order valence-electron chi connectivity index (χ3n) is 3.38. The molecule has 2 rings (SSSR count). The molecular formula is C16H18N4O6. The molecule has 0 bridgehead atoms. The van der Waals surface area contributed by atoms with Gasteiger partial charge in [-0.15, -0.1) is 0 Å². The number of nitro benzene ring substituents is 1. The van der Waals surface area contributed by atoms with Gasteiger partial charge in [-0.2, -0.15) is 0 Å². The number of urea groups is 1.